The zero-order chi connectivity index (χ0) is 16.4. The second-order valence-corrected chi connectivity index (χ2v) is 6.85. The van der Waals surface area contributed by atoms with Crippen LogP contribution in [0.1, 0.15) is 78.1 Å². The van der Waals surface area contributed by atoms with Crippen molar-refractivity contribution in [1.29, 1.82) is 0 Å². The first-order chi connectivity index (χ1) is 10.6. The Kier molecular flexibility index (Phi) is 9.57. The molecule has 0 aliphatic heterocycles. The summed E-state index contributed by atoms with van der Waals surface area (Å²) in [6, 6.07) is 0. The molecule has 1 saturated carbocycles. The highest BCUT2D eigenvalue weighted by molar-refractivity contribution is 4.97. The van der Waals surface area contributed by atoms with E-state index in [2.05, 4.69) is 18.7 Å². The smallest absolute Gasteiger partial charge is 0.150 e. The third-order valence-corrected chi connectivity index (χ3v) is 4.89. The molecule has 22 heavy (non-hydrogen) atoms. The quantitative estimate of drug-likeness (QED) is 0.428. The number of rotatable bonds is 12. The van der Waals surface area contributed by atoms with E-state index >= 15 is 0 Å². The largest absolute Gasteiger partial charge is 0.393 e. The summed E-state index contributed by atoms with van der Waals surface area (Å²) < 4.78 is 6.16. The first kappa shape index (κ1) is 19.9. The molecule has 0 saturated heterocycles. The van der Waals surface area contributed by atoms with Crippen LogP contribution < -0.4 is 0 Å². The number of nitrogens with zero attached hydrogens (tertiary/aromatic N) is 1. The molecule has 4 nitrogen and oxygen atoms in total. The average molecular weight is 315 g/mol. The van der Waals surface area contributed by atoms with Gasteiger partial charge in [-0.1, -0.05) is 52.4 Å². The van der Waals surface area contributed by atoms with Crippen molar-refractivity contribution >= 4 is 0 Å². The Bertz CT molecular complexity index is 288. The number of likely N-dealkylation sites (N-methyl/N-ethyl adjacent to an activating group) is 1. The van der Waals surface area contributed by atoms with Crippen LogP contribution in [0.3, 0.4) is 0 Å². The van der Waals surface area contributed by atoms with Crippen molar-refractivity contribution in [2.75, 3.05) is 20.2 Å². The molecule has 1 aliphatic rings. The minimum Gasteiger partial charge on any atom is -0.393 e. The Labute approximate surface area is 136 Å². The fourth-order valence-electron chi connectivity index (χ4n) is 3.42. The molecule has 132 valence electrons. The second kappa shape index (κ2) is 10.6. The van der Waals surface area contributed by atoms with Crippen molar-refractivity contribution in [3.63, 3.8) is 0 Å². The number of hydrogen-bond donors (Lipinski definition) is 2. The lowest BCUT2D eigenvalue weighted by atomic mass is 10.1. The van der Waals surface area contributed by atoms with Crippen LogP contribution in [-0.2, 0) is 4.74 Å². The van der Waals surface area contributed by atoms with Crippen molar-refractivity contribution < 1.29 is 14.9 Å². The van der Waals surface area contributed by atoms with Gasteiger partial charge in [-0.3, -0.25) is 4.90 Å². The van der Waals surface area contributed by atoms with Crippen molar-refractivity contribution in [2.45, 2.75) is 96.0 Å². The first-order valence-electron chi connectivity index (χ1n) is 9.28. The monoisotopic (exact) mass is 315 g/mol. The SMILES string of the molecule is CCCCCCCO[C@@]1(N(C)CCCCC)C[C@@H](O)C[C@H]1O. The molecule has 0 radical (unpaired) electrons. The van der Waals surface area contributed by atoms with E-state index in [1.807, 2.05) is 7.05 Å². The van der Waals surface area contributed by atoms with Gasteiger partial charge in [0.25, 0.3) is 0 Å². The highest BCUT2D eigenvalue weighted by Crippen LogP contribution is 2.36. The Morgan fingerprint density at radius 1 is 1.00 bits per heavy atom. The van der Waals surface area contributed by atoms with E-state index in [-0.39, 0.29) is 0 Å². The minimum atomic E-state index is -0.683. The molecule has 0 bridgehead atoms. The minimum absolute atomic E-state index is 0.425. The van der Waals surface area contributed by atoms with E-state index < -0.39 is 17.9 Å². The zero-order valence-electron chi connectivity index (χ0n) is 14.9. The van der Waals surface area contributed by atoms with Gasteiger partial charge in [-0.25, -0.2) is 0 Å². The number of aliphatic hydroxyl groups excluding tert-OH is 2. The van der Waals surface area contributed by atoms with Gasteiger partial charge in [0.15, 0.2) is 0 Å². The van der Waals surface area contributed by atoms with Gasteiger partial charge in [0.05, 0.1) is 12.2 Å². The summed E-state index contributed by atoms with van der Waals surface area (Å²) in [7, 11) is 2.02. The molecule has 1 rings (SSSR count). The van der Waals surface area contributed by atoms with Crippen LogP contribution in [0, 0.1) is 0 Å². The van der Waals surface area contributed by atoms with Gasteiger partial charge in [-0.05, 0) is 19.9 Å². The maximum absolute atomic E-state index is 10.5. The highest BCUT2D eigenvalue weighted by Gasteiger charge is 2.50. The maximum atomic E-state index is 10.5. The lowest BCUT2D eigenvalue weighted by molar-refractivity contribution is -0.195. The first-order valence-corrected chi connectivity index (χ1v) is 9.28. The van der Waals surface area contributed by atoms with E-state index in [1.54, 1.807) is 0 Å². The summed E-state index contributed by atoms with van der Waals surface area (Å²) in [4.78, 5) is 2.13. The molecule has 0 amide bonds. The zero-order valence-corrected chi connectivity index (χ0v) is 14.9. The van der Waals surface area contributed by atoms with Crippen LogP contribution in [0.5, 0.6) is 0 Å². The van der Waals surface area contributed by atoms with Crippen molar-refractivity contribution in [2.24, 2.45) is 0 Å². The van der Waals surface area contributed by atoms with Gasteiger partial charge >= 0.3 is 0 Å². The lowest BCUT2D eigenvalue weighted by Crippen LogP contribution is -2.54. The van der Waals surface area contributed by atoms with Gasteiger partial charge in [0.1, 0.15) is 5.72 Å². The molecule has 2 N–H and O–H groups in total. The Morgan fingerprint density at radius 3 is 2.23 bits per heavy atom. The Morgan fingerprint density at radius 2 is 1.64 bits per heavy atom. The van der Waals surface area contributed by atoms with Crippen LogP contribution in [0.25, 0.3) is 0 Å². The molecular weight excluding hydrogens is 278 g/mol. The highest BCUT2D eigenvalue weighted by atomic mass is 16.5. The van der Waals surface area contributed by atoms with Crippen LogP contribution in [0.4, 0.5) is 0 Å². The molecule has 0 aromatic heterocycles. The number of aliphatic hydroxyl groups is 2. The summed E-state index contributed by atoms with van der Waals surface area (Å²) in [6.45, 7) is 5.99. The molecule has 1 aliphatic carbocycles. The van der Waals surface area contributed by atoms with Crippen LogP contribution >= 0.6 is 0 Å². The molecule has 0 aromatic carbocycles. The van der Waals surface area contributed by atoms with Crippen molar-refractivity contribution in [3.05, 3.63) is 0 Å². The van der Waals surface area contributed by atoms with Crippen LogP contribution in [0.15, 0.2) is 0 Å². The summed E-state index contributed by atoms with van der Waals surface area (Å²) in [6.07, 6.45) is 9.38. The van der Waals surface area contributed by atoms with E-state index in [0.717, 1.165) is 19.4 Å². The van der Waals surface area contributed by atoms with Crippen LogP contribution in [-0.4, -0.2) is 53.2 Å². The maximum Gasteiger partial charge on any atom is 0.150 e. The molecule has 0 spiro atoms. The predicted molar refractivity (Wildman–Crippen MR) is 90.8 cm³/mol. The Hall–Kier alpha value is -0.160. The third-order valence-electron chi connectivity index (χ3n) is 4.89. The molecule has 0 unspecified atom stereocenters. The molecular formula is C18H37NO3. The summed E-state index contributed by atoms with van der Waals surface area (Å²) in [5.74, 6) is 0. The summed E-state index contributed by atoms with van der Waals surface area (Å²) in [5.41, 5.74) is -0.683. The third kappa shape index (κ3) is 5.80. The van der Waals surface area contributed by atoms with E-state index in [4.69, 9.17) is 4.74 Å². The average Bonchev–Trinajstić information content (AvgIpc) is 2.78. The van der Waals surface area contributed by atoms with E-state index in [9.17, 15) is 10.2 Å². The van der Waals surface area contributed by atoms with Gasteiger partial charge in [-0.2, -0.15) is 0 Å². The standard InChI is InChI=1S/C18H37NO3/c1-4-6-8-9-11-13-22-18(15-16(20)14-17(18)21)19(3)12-10-7-5-2/h16-17,20-21H,4-15H2,1-3H3/t16-,17+,18-/m0/s1. The normalized spacial score (nSPS) is 28.6. The van der Waals surface area contributed by atoms with Crippen molar-refractivity contribution in [1.82, 2.24) is 4.90 Å². The fourth-order valence-corrected chi connectivity index (χ4v) is 3.42. The van der Waals surface area contributed by atoms with Gasteiger partial charge in [0.2, 0.25) is 0 Å². The van der Waals surface area contributed by atoms with Crippen LogP contribution in [0.2, 0.25) is 0 Å². The molecule has 4 heteroatoms. The topological polar surface area (TPSA) is 52.9 Å². The second-order valence-electron chi connectivity index (χ2n) is 6.85. The molecule has 3 atom stereocenters. The van der Waals surface area contributed by atoms with E-state index in [0.29, 0.717) is 19.4 Å². The number of ether oxygens (including phenoxy) is 1. The number of unbranched alkanes of at least 4 members (excludes halogenated alkanes) is 6. The van der Waals surface area contributed by atoms with E-state index in [1.165, 1.54) is 38.5 Å². The van der Waals surface area contributed by atoms with Crippen molar-refractivity contribution in [3.8, 4) is 0 Å². The fraction of sp³-hybridized carbons (Fsp3) is 1.00. The predicted octanol–water partition coefficient (Wildman–Crippen LogP) is 3.31. The number of hydrogen-bond acceptors (Lipinski definition) is 4. The molecule has 0 aromatic rings. The van der Waals surface area contributed by atoms with Gasteiger partial charge < -0.3 is 14.9 Å². The molecule has 1 fully saturated rings. The Balaban J connectivity index is 2.48. The summed E-state index contributed by atoms with van der Waals surface area (Å²) in [5, 5.41) is 20.4. The lowest BCUT2D eigenvalue weighted by Gasteiger charge is -2.41. The van der Waals surface area contributed by atoms with Gasteiger partial charge in [0, 0.05) is 26.0 Å². The summed E-state index contributed by atoms with van der Waals surface area (Å²) >= 11 is 0. The van der Waals surface area contributed by atoms with Gasteiger partial charge in [-0.15, -0.1) is 0 Å². The molecule has 0 heterocycles.